The Balaban J connectivity index is 1.73. The molecule has 1 spiro atoms. The van der Waals surface area contributed by atoms with Crippen molar-refractivity contribution in [3.05, 3.63) is 23.9 Å². The predicted octanol–water partition coefficient (Wildman–Crippen LogP) is 1.95. The van der Waals surface area contributed by atoms with E-state index < -0.39 is 0 Å². The summed E-state index contributed by atoms with van der Waals surface area (Å²) in [6.07, 6.45) is 6.00. The molecule has 2 heterocycles. The first kappa shape index (κ1) is 10.1. The highest BCUT2D eigenvalue weighted by molar-refractivity contribution is 5.23. The maximum atomic E-state index is 5.08. The Hall–Kier alpha value is -1.09. The molecule has 0 bridgehead atoms. The van der Waals surface area contributed by atoms with Crippen LogP contribution in [0.15, 0.2) is 18.3 Å². The largest absolute Gasteiger partial charge is 0.481 e. The van der Waals surface area contributed by atoms with E-state index in [4.69, 9.17) is 4.74 Å². The molecule has 86 valence electrons. The number of rotatable bonds is 2. The van der Waals surface area contributed by atoms with Gasteiger partial charge in [0.15, 0.2) is 0 Å². The van der Waals surface area contributed by atoms with Crippen molar-refractivity contribution in [3.8, 4) is 5.88 Å². The highest BCUT2D eigenvalue weighted by atomic mass is 16.5. The Morgan fingerprint density at radius 1 is 1.44 bits per heavy atom. The zero-order valence-electron chi connectivity index (χ0n) is 9.70. The number of hydrogen-bond acceptors (Lipinski definition) is 3. The Bertz CT molecular complexity index is 370. The van der Waals surface area contributed by atoms with Crippen molar-refractivity contribution in [2.75, 3.05) is 20.2 Å². The summed E-state index contributed by atoms with van der Waals surface area (Å²) in [6, 6.07) is 4.14. The Kier molecular flexibility index (Phi) is 2.36. The molecule has 3 rings (SSSR count). The fraction of sp³-hybridized carbons (Fsp3) is 0.615. The minimum absolute atomic E-state index is 0.616. The van der Waals surface area contributed by atoms with Crippen molar-refractivity contribution in [1.82, 2.24) is 10.3 Å². The molecule has 1 atom stereocenters. The molecular weight excluding hydrogens is 200 g/mol. The van der Waals surface area contributed by atoms with Gasteiger partial charge < -0.3 is 10.1 Å². The van der Waals surface area contributed by atoms with Crippen LogP contribution in [-0.4, -0.2) is 25.2 Å². The number of aromatic nitrogens is 1. The van der Waals surface area contributed by atoms with Crippen LogP contribution < -0.4 is 10.1 Å². The summed E-state index contributed by atoms with van der Waals surface area (Å²) >= 11 is 0. The van der Waals surface area contributed by atoms with Gasteiger partial charge in [0.05, 0.1) is 7.11 Å². The number of nitrogens with zero attached hydrogens (tertiary/aromatic N) is 1. The Morgan fingerprint density at radius 3 is 2.81 bits per heavy atom. The molecule has 1 saturated carbocycles. The normalized spacial score (nSPS) is 26.7. The lowest BCUT2D eigenvalue weighted by Crippen LogP contribution is -2.51. The van der Waals surface area contributed by atoms with Crippen LogP contribution in [0.2, 0.25) is 0 Å². The summed E-state index contributed by atoms with van der Waals surface area (Å²) in [7, 11) is 1.66. The van der Waals surface area contributed by atoms with Crippen LogP contribution in [0.4, 0.5) is 0 Å². The third-order valence-electron chi connectivity index (χ3n) is 4.14. The third-order valence-corrected chi connectivity index (χ3v) is 4.14. The van der Waals surface area contributed by atoms with Crippen molar-refractivity contribution in [2.24, 2.45) is 5.41 Å². The van der Waals surface area contributed by atoms with E-state index in [9.17, 15) is 0 Å². The summed E-state index contributed by atoms with van der Waals surface area (Å²) in [5.41, 5.74) is 1.99. The molecule has 0 amide bonds. The van der Waals surface area contributed by atoms with Crippen molar-refractivity contribution < 1.29 is 4.74 Å². The summed E-state index contributed by atoms with van der Waals surface area (Å²) < 4.78 is 5.08. The minimum Gasteiger partial charge on any atom is -0.481 e. The van der Waals surface area contributed by atoms with E-state index in [1.54, 1.807) is 7.11 Å². The minimum atomic E-state index is 0.616. The molecule has 1 N–H and O–H groups in total. The van der Waals surface area contributed by atoms with E-state index in [2.05, 4.69) is 16.4 Å². The average Bonchev–Trinajstić information content (AvgIpc) is 2.74. The van der Waals surface area contributed by atoms with Crippen LogP contribution in [0.5, 0.6) is 5.88 Å². The van der Waals surface area contributed by atoms with Crippen LogP contribution in [0.25, 0.3) is 0 Å². The number of ether oxygens (including phenoxy) is 1. The van der Waals surface area contributed by atoms with Crippen molar-refractivity contribution >= 4 is 0 Å². The quantitative estimate of drug-likeness (QED) is 0.823. The first-order chi connectivity index (χ1) is 7.81. The Morgan fingerprint density at radius 2 is 2.31 bits per heavy atom. The van der Waals surface area contributed by atoms with E-state index in [0.717, 1.165) is 0 Å². The summed E-state index contributed by atoms with van der Waals surface area (Å²) in [5.74, 6) is 1.42. The van der Waals surface area contributed by atoms with Crippen LogP contribution in [0.3, 0.4) is 0 Å². The second kappa shape index (κ2) is 3.74. The van der Waals surface area contributed by atoms with Crippen molar-refractivity contribution in [3.63, 3.8) is 0 Å². The molecule has 3 nitrogen and oxygen atoms in total. The van der Waals surface area contributed by atoms with Gasteiger partial charge in [-0.25, -0.2) is 4.98 Å². The maximum Gasteiger partial charge on any atom is 0.212 e. The van der Waals surface area contributed by atoms with Gasteiger partial charge in [-0.05, 0) is 36.2 Å². The Labute approximate surface area is 96.2 Å². The highest BCUT2D eigenvalue weighted by Crippen LogP contribution is 2.48. The predicted molar refractivity (Wildman–Crippen MR) is 62.7 cm³/mol. The molecule has 1 aliphatic heterocycles. The van der Waals surface area contributed by atoms with E-state index >= 15 is 0 Å². The molecular formula is C13H18N2O. The molecule has 0 aromatic carbocycles. The summed E-state index contributed by atoms with van der Waals surface area (Å²) in [5, 5.41) is 3.40. The van der Waals surface area contributed by atoms with Gasteiger partial charge in [-0.15, -0.1) is 0 Å². The monoisotopic (exact) mass is 218 g/mol. The SMILES string of the molecule is COc1ccc(C2CCC3(CNC3)C2)cn1. The zero-order chi connectivity index (χ0) is 11.0. The van der Waals surface area contributed by atoms with Crippen LogP contribution in [0, 0.1) is 5.41 Å². The molecule has 1 aromatic rings. The lowest BCUT2D eigenvalue weighted by atomic mass is 9.79. The highest BCUT2D eigenvalue weighted by Gasteiger charge is 2.43. The maximum absolute atomic E-state index is 5.08. The van der Waals surface area contributed by atoms with Gasteiger partial charge in [0.1, 0.15) is 0 Å². The van der Waals surface area contributed by atoms with E-state index in [1.807, 2.05) is 12.3 Å². The number of pyridine rings is 1. The van der Waals surface area contributed by atoms with Gasteiger partial charge in [-0.2, -0.15) is 0 Å². The zero-order valence-corrected chi connectivity index (χ0v) is 9.70. The van der Waals surface area contributed by atoms with Crippen molar-refractivity contribution in [2.45, 2.75) is 25.2 Å². The van der Waals surface area contributed by atoms with E-state index in [0.29, 0.717) is 17.2 Å². The standard InChI is InChI=1S/C13H18N2O/c1-16-12-3-2-11(7-15-12)10-4-5-13(6-10)8-14-9-13/h2-3,7,10,14H,4-6,8-9H2,1H3. The second-order valence-corrected chi connectivity index (χ2v) is 5.18. The van der Waals surface area contributed by atoms with Gasteiger partial charge in [-0.1, -0.05) is 6.07 Å². The molecule has 2 fully saturated rings. The van der Waals surface area contributed by atoms with Crippen LogP contribution >= 0.6 is 0 Å². The third kappa shape index (κ3) is 1.59. The van der Waals surface area contributed by atoms with Crippen LogP contribution in [-0.2, 0) is 0 Å². The smallest absolute Gasteiger partial charge is 0.212 e. The number of hydrogen-bond donors (Lipinski definition) is 1. The second-order valence-electron chi connectivity index (χ2n) is 5.18. The molecule has 2 aliphatic rings. The molecule has 3 heteroatoms. The number of methoxy groups -OCH3 is 1. The van der Waals surface area contributed by atoms with E-state index in [1.165, 1.54) is 37.9 Å². The molecule has 1 aromatic heterocycles. The lowest BCUT2D eigenvalue weighted by molar-refractivity contribution is 0.175. The molecule has 0 radical (unpaired) electrons. The first-order valence-corrected chi connectivity index (χ1v) is 6.02. The summed E-state index contributed by atoms with van der Waals surface area (Å²) in [6.45, 7) is 2.43. The fourth-order valence-electron chi connectivity index (χ4n) is 3.05. The lowest BCUT2D eigenvalue weighted by Gasteiger charge is -2.39. The average molecular weight is 218 g/mol. The van der Waals surface area contributed by atoms with Gasteiger partial charge in [0.25, 0.3) is 0 Å². The van der Waals surface area contributed by atoms with Crippen molar-refractivity contribution in [1.29, 1.82) is 0 Å². The van der Waals surface area contributed by atoms with Crippen LogP contribution in [0.1, 0.15) is 30.7 Å². The van der Waals surface area contributed by atoms with E-state index in [-0.39, 0.29) is 0 Å². The molecule has 1 saturated heterocycles. The first-order valence-electron chi connectivity index (χ1n) is 6.02. The van der Waals surface area contributed by atoms with Gasteiger partial charge in [-0.3, -0.25) is 0 Å². The summed E-state index contributed by atoms with van der Waals surface area (Å²) in [4.78, 5) is 4.30. The number of nitrogens with one attached hydrogen (secondary N) is 1. The topological polar surface area (TPSA) is 34.1 Å². The fourth-order valence-corrected chi connectivity index (χ4v) is 3.05. The molecule has 16 heavy (non-hydrogen) atoms. The molecule has 1 aliphatic carbocycles. The van der Waals surface area contributed by atoms with Gasteiger partial charge in [0.2, 0.25) is 5.88 Å². The van der Waals surface area contributed by atoms with Gasteiger partial charge in [0, 0.05) is 25.4 Å². The molecule has 1 unspecified atom stereocenters. The van der Waals surface area contributed by atoms with Gasteiger partial charge >= 0.3 is 0 Å².